The summed E-state index contributed by atoms with van der Waals surface area (Å²) in [6.45, 7) is 6.95. The number of fused-ring (bicyclic) bond motifs is 2. The van der Waals surface area contributed by atoms with Gasteiger partial charge in [-0.25, -0.2) is 0 Å². The number of benzene rings is 2. The van der Waals surface area contributed by atoms with Crippen LogP contribution in [0.15, 0.2) is 71.5 Å². The van der Waals surface area contributed by atoms with Crippen LogP contribution >= 0.6 is 0 Å². The molecule has 125 valence electrons. The lowest BCUT2D eigenvalue weighted by molar-refractivity contribution is -0.110. The van der Waals surface area contributed by atoms with Crippen LogP contribution < -0.4 is 16.3 Å². The molecule has 2 aromatic rings. The molecule has 1 aliphatic heterocycles. The van der Waals surface area contributed by atoms with Gasteiger partial charge in [0.1, 0.15) is 0 Å². The predicted molar refractivity (Wildman–Crippen MR) is 109 cm³/mol. The molecule has 3 heteroatoms. The second-order valence-electron chi connectivity index (χ2n) is 7.42. The molecule has 0 saturated carbocycles. The van der Waals surface area contributed by atoms with Crippen LogP contribution in [0.1, 0.15) is 16.7 Å². The summed E-state index contributed by atoms with van der Waals surface area (Å²) in [6, 6.07) is 15.0. The van der Waals surface area contributed by atoms with Crippen LogP contribution in [0.25, 0.3) is 5.57 Å². The maximum Gasteiger partial charge on any atom is 0.193 e. The van der Waals surface area contributed by atoms with E-state index < -0.39 is 8.07 Å². The van der Waals surface area contributed by atoms with E-state index in [1.54, 1.807) is 0 Å². The fourth-order valence-corrected chi connectivity index (χ4v) is 7.14. The summed E-state index contributed by atoms with van der Waals surface area (Å²) in [5.74, 6) is 0. The summed E-state index contributed by atoms with van der Waals surface area (Å²) in [5.41, 5.74) is 14.3. The molecule has 25 heavy (non-hydrogen) atoms. The number of allylic oxidation sites excluding steroid dienone is 5. The molecule has 0 radical (unpaired) electrons. The Labute approximate surface area is 149 Å². The van der Waals surface area contributed by atoms with Gasteiger partial charge in [0.2, 0.25) is 0 Å². The lowest BCUT2D eigenvalue weighted by Crippen LogP contribution is -2.50. The van der Waals surface area contributed by atoms with Crippen molar-refractivity contribution in [1.82, 2.24) is 0 Å². The van der Waals surface area contributed by atoms with Gasteiger partial charge in [0, 0.05) is 11.8 Å². The van der Waals surface area contributed by atoms with Crippen molar-refractivity contribution in [3.05, 3.63) is 88.2 Å². The Bertz CT molecular complexity index is 1010. The maximum atomic E-state index is 6.16. The van der Waals surface area contributed by atoms with Crippen molar-refractivity contribution in [3.8, 4) is 0 Å². The lowest BCUT2D eigenvalue weighted by atomic mass is 9.88. The third-order valence-corrected chi connectivity index (χ3v) is 8.91. The van der Waals surface area contributed by atoms with Gasteiger partial charge in [-0.1, -0.05) is 50.5 Å². The van der Waals surface area contributed by atoms with Crippen LogP contribution in [-0.2, 0) is 0 Å². The van der Waals surface area contributed by atoms with Gasteiger partial charge in [-0.2, -0.15) is 23.5 Å². The fourth-order valence-electron chi connectivity index (χ4n) is 4.03. The molecule has 2 nitrogen and oxygen atoms in total. The minimum atomic E-state index is -1.87. The topological polar surface area (TPSA) is 51.6 Å². The van der Waals surface area contributed by atoms with Gasteiger partial charge in [0.15, 0.2) is 5.71 Å². The van der Waals surface area contributed by atoms with Crippen molar-refractivity contribution < 1.29 is 5.41 Å². The van der Waals surface area contributed by atoms with Gasteiger partial charge in [-0.05, 0) is 46.9 Å². The van der Waals surface area contributed by atoms with E-state index in [4.69, 9.17) is 11.1 Å². The average Bonchev–Trinajstić information content (AvgIpc) is 2.58. The first-order chi connectivity index (χ1) is 11.9. The minimum Gasteiger partial charge on any atom is -0.399 e. The van der Waals surface area contributed by atoms with E-state index in [1.165, 1.54) is 38.2 Å². The molecule has 0 bridgehead atoms. The number of nitrogen functional groups attached to an aromatic ring is 1. The van der Waals surface area contributed by atoms with E-state index in [-0.39, 0.29) is 0 Å². The summed E-state index contributed by atoms with van der Waals surface area (Å²) < 4.78 is 0. The van der Waals surface area contributed by atoms with E-state index in [0.717, 1.165) is 11.4 Å². The first-order valence-corrected chi connectivity index (χ1v) is 11.6. The summed E-state index contributed by atoms with van der Waals surface area (Å²) in [7, 11) is -1.87. The molecular formula is C22H23N2Si. The molecule has 0 saturated heterocycles. The quantitative estimate of drug-likeness (QED) is 0.607. The lowest BCUT2D eigenvalue weighted by Gasteiger charge is -2.47. The molecule has 0 spiro atoms. The highest BCUT2D eigenvalue weighted by Crippen LogP contribution is 2.41. The van der Waals surface area contributed by atoms with Crippen LogP contribution in [0.3, 0.4) is 0 Å². The Hall–Kier alpha value is -2.65. The van der Waals surface area contributed by atoms with Crippen LogP contribution in [0, 0.1) is 6.92 Å². The average molecular weight is 344 g/mol. The molecule has 2 aliphatic rings. The Morgan fingerprint density at radius 3 is 2.48 bits per heavy atom. The van der Waals surface area contributed by atoms with Gasteiger partial charge in [-0.3, -0.25) is 5.41 Å². The van der Waals surface area contributed by atoms with Crippen molar-refractivity contribution in [2.45, 2.75) is 20.0 Å². The molecule has 0 unspecified atom stereocenters. The van der Waals surface area contributed by atoms with Crippen molar-refractivity contribution in [2.24, 2.45) is 0 Å². The van der Waals surface area contributed by atoms with Crippen molar-refractivity contribution in [3.63, 3.8) is 0 Å². The molecule has 4 N–H and O–H groups in total. The molecule has 1 heterocycles. The third-order valence-electron chi connectivity index (χ3n) is 5.39. The largest absolute Gasteiger partial charge is 0.399 e. The zero-order valence-electron chi connectivity index (χ0n) is 14.9. The monoisotopic (exact) mass is 343 g/mol. The summed E-state index contributed by atoms with van der Waals surface area (Å²) >= 11 is 0. The van der Waals surface area contributed by atoms with Gasteiger partial charge < -0.3 is 5.73 Å². The van der Waals surface area contributed by atoms with Crippen LogP contribution in [0.2, 0.25) is 13.1 Å². The smallest absolute Gasteiger partial charge is 0.193 e. The first kappa shape index (κ1) is 15.9. The fraction of sp³-hybridized carbons (Fsp3) is 0.136. The minimum absolute atomic E-state index is 0.829. The zero-order chi connectivity index (χ0) is 17.8. The number of rotatable bonds is 1. The summed E-state index contributed by atoms with van der Waals surface area (Å²) in [5, 5.41) is 8.94. The number of hydrogen-bond donors (Lipinski definition) is 2. The van der Waals surface area contributed by atoms with E-state index in [2.05, 4.69) is 68.6 Å². The van der Waals surface area contributed by atoms with Crippen molar-refractivity contribution >= 4 is 30.2 Å². The van der Waals surface area contributed by atoms with Gasteiger partial charge >= 0.3 is 0 Å². The molecule has 1 aliphatic carbocycles. The first-order valence-electron chi connectivity index (χ1n) is 8.63. The number of hydrogen-bond acceptors (Lipinski definition) is 1. The van der Waals surface area contributed by atoms with E-state index in [1.807, 2.05) is 12.1 Å². The van der Waals surface area contributed by atoms with Gasteiger partial charge in [0.25, 0.3) is 0 Å². The Kier molecular flexibility index (Phi) is 3.44. The number of anilines is 1. The normalized spacial score (nSPS) is 17.9. The summed E-state index contributed by atoms with van der Waals surface area (Å²) in [6.07, 6.45) is 6.39. The summed E-state index contributed by atoms with van der Waals surface area (Å²) in [4.78, 5) is 0. The highest BCUT2D eigenvalue weighted by atomic mass is 28.3. The Morgan fingerprint density at radius 1 is 0.960 bits per heavy atom. The Morgan fingerprint density at radius 2 is 1.72 bits per heavy atom. The Balaban J connectivity index is 2.14. The van der Waals surface area contributed by atoms with E-state index >= 15 is 0 Å². The van der Waals surface area contributed by atoms with Crippen LogP contribution in [-0.4, -0.2) is 13.8 Å². The zero-order valence-corrected chi connectivity index (χ0v) is 15.9. The number of nitrogens with two attached hydrogens (primary N) is 2. The van der Waals surface area contributed by atoms with E-state index in [9.17, 15) is 0 Å². The van der Waals surface area contributed by atoms with Crippen molar-refractivity contribution in [1.29, 1.82) is 0 Å². The second-order valence-corrected chi connectivity index (χ2v) is 11.8. The third kappa shape index (κ3) is 2.35. The molecule has 4 rings (SSSR count). The van der Waals surface area contributed by atoms with Crippen molar-refractivity contribution in [2.75, 3.05) is 5.73 Å². The highest BCUT2D eigenvalue weighted by Gasteiger charge is 2.31. The maximum absolute atomic E-state index is 6.16. The molecule has 2 aromatic carbocycles. The van der Waals surface area contributed by atoms with Gasteiger partial charge in [0.05, 0.1) is 0 Å². The molecule has 0 atom stereocenters. The van der Waals surface area contributed by atoms with E-state index in [0.29, 0.717) is 0 Å². The predicted octanol–water partition coefficient (Wildman–Crippen LogP) is 2.54. The SMILES string of the molecule is Cc1ccccc1C1=C2C=CC(=[NH2+])C=C2[Si-](C)(C)c2cc(N)ccc21. The second kappa shape index (κ2) is 5.43. The van der Waals surface area contributed by atoms with Crippen LogP contribution in [0.5, 0.6) is 0 Å². The molecular weight excluding hydrogens is 320 g/mol. The number of aryl methyl sites for hydroxylation is 1. The standard InChI is InChI=1S/C22H22N2Si/c1-14-6-4-5-7-17(14)22-18-10-8-15(23)12-20(18)25(2,3)21-13-16(24)9-11-19(21)22/h4-13,23H,24H2,1-3H3/q-1/p+1. The molecule has 0 fully saturated rings. The van der Waals surface area contributed by atoms with Gasteiger partial charge in [-0.15, -0.1) is 0 Å². The molecule has 0 amide bonds. The van der Waals surface area contributed by atoms with Crippen LogP contribution in [0.4, 0.5) is 5.69 Å². The highest BCUT2D eigenvalue weighted by molar-refractivity contribution is 6.98. The molecule has 0 aromatic heterocycles.